The number of para-hydroxylation sites is 1. The van der Waals surface area contributed by atoms with Crippen molar-refractivity contribution in [1.82, 2.24) is 4.98 Å². The van der Waals surface area contributed by atoms with Crippen LogP contribution in [0.4, 0.5) is 15.8 Å². The van der Waals surface area contributed by atoms with E-state index < -0.39 is 5.41 Å². The maximum atomic E-state index is 13.7. The first-order valence-corrected chi connectivity index (χ1v) is 11.3. The molecule has 7 heteroatoms. The standard InChI is InChI=1S/C28H22FN3O3/c1-28(2)21-8-6-17(26(33)31-23-14-30-22-9-7-19(29)13-20(22)23)12-24(21)32(27(28)34)15-18-5-3-4-16-10-11-35-25(16)18/h3-14,30H,15H2,1-2H3,(H,31,33). The minimum absolute atomic E-state index is 0.0410. The first kappa shape index (κ1) is 21.2. The van der Waals surface area contributed by atoms with Crippen molar-refractivity contribution in [3.8, 4) is 0 Å². The highest BCUT2D eigenvalue weighted by Crippen LogP contribution is 2.43. The highest BCUT2D eigenvalue weighted by atomic mass is 19.1. The van der Waals surface area contributed by atoms with Crippen LogP contribution in [0.15, 0.2) is 77.5 Å². The van der Waals surface area contributed by atoms with Gasteiger partial charge in [-0.1, -0.05) is 24.3 Å². The van der Waals surface area contributed by atoms with Crippen LogP contribution in [0, 0.1) is 5.82 Å². The number of carbonyl (C=O) groups is 2. The van der Waals surface area contributed by atoms with E-state index in [4.69, 9.17) is 4.42 Å². The number of nitrogens with zero attached hydrogens (tertiary/aromatic N) is 1. The number of rotatable bonds is 4. The summed E-state index contributed by atoms with van der Waals surface area (Å²) in [7, 11) is 0. The molecule has 5 aromatic rings. The van der Waals surface area contributed by atoms with Gasteiger partial charge in [0.2, 0.25) is 5.91 Å². The molecule has 0 spiro atoms. The van der Waals surface area contributed by atoms with Gasteiger partial charge in [0.15, 0.2) is 0 Å². The Labute approximate surface area is 200 Å². The number of aromatic nitrogens is 1. The average molecular weight is 468 g/mol. The molecular weight excluding hydrogens is 445 g/mol. The Balaban J connectivity index is 1.36. The molecule has 0 fully saturated rings. The number of anilines is 2. The summed E-state index contributed by atoms with van der Waals surface area (Å²) in [6.45, 7) is 4.11. The van der Waals surface area contributed by atoms with Crippen LogP contribution in [0.1, 0.15) is 35.3 Å². The molecule has 1 aliphatic rings. The Bertz CT molecular complexity index is 1650. The minimum atomic E-state index is -0.726. The number of halogens is 1. The van der Waals surface area contributed by atoms with Crippen LogP contribution >= 0.6 is 0 Å². The second kappa shape index (κ2) is 7.56. The molecule has 0 bridgehead atoms. The second-order valence-corrected chi connectivity index (χ2v) is 9.35. The number of hydrogen-bond acceptors (Lipinski definition) is 3. The van der Waals surface area contributed by atoms with Crippen LogP contribution in [0.5, 0.6) is 0 Å². The molecule has 1 aliphatic heterocycles. The molecule has 0 unspecified atom stereocenters. The SMILES string of the molecule is CC1(C)C(=O)N(Cc2cccc3ccoc23)c2cc(C(=O)Nc3c[nH]c4ccc(F)cc34)ccc21. The lowest BCUT2D eigenvalue weighted by Gasteiger charge is -2.20. The van der Waals surface area contributed by atoms with Crippen molar-refractivity contribution in [3.05, 3.63) is 95.6 Å². The Kier molecular flexibility index (Phi) is 4.57. The van der Waals surface area contributed by atoms with Gasteiger partial charge in [-0.3, -0.25) is 9.59 Å². The van der Waals surface area contributed by atoms with Crippen LogP contribution in [0.2, 0.25) is 0 Å². The summed E-state index contributed by atoms with van der Waals surface area (Å²) < 4.78 is 19.4. The van der Waals surface area contributed by atoms with Crippen molar-refractivity contribution in [2.75, 3.05) is 10.2 Å². The van der Waals surface area contributed by atoms with Crippen LogP contribution in [0.25, 0.3) is 21.9 Å². The summed E-state index contributed by atoms with van der Waals surface area (Å²) in [5.74, 6) is -0.767. The molecule has 0 saturated carbocycles. The molecule has 2 N–H and O–H groups in total. The molecule has 6 rings (SSSR count). The molecule has 2 aromatic heterocycles. The molecule has 174 valence electrons. The molecule has 2 amide bonds. The number of carbonyl (C=O) groups excluding carboxylic acids is 2. The summed E-state index contributed by atoms with van der Waals surface area (Å²) in [4.78, 5) is 31.3. The Morgan fingerprint density at radius 2 is 1.97 bits per heavy atom. The number of furan rings is 1. The molecule has 0 radical (unpaired) electrons. The summed E-state index contributed by atoms with van der Waals surface area (Å²) >= 11 is 0. The lowest BCUT2D eigenvalue weighted by molar-refractivity contribution is -0.122. The predicted molar refractivity (Wildman–Crippen MR) is 133 cm³/mol. The minimum Gasteiger partial charge on any atom is -0.464 e. The molecule has 0 saturated heterocycles. The van der Waals surface area contributed by atoms with Crippen molar-refractivity contribution >= 4 is 45.1 Å². The van der Waals surface area contributed by atoms with Crippen molar-refractivity contribution in [2.24, 2.45) is 0 Å². The first-order chi connectivity index (χ1) is 16.8. The predicted octanol–water partition coefficient (Wildman–Crippen LogP) is 6.13. The third-order valence-electron chi connectivity index (χ3n) is 6.78. The van der Waals surface area contributed by atoms with Crippen molar-refractivity contribution in [1.29, 1.82) is 0 Å². The zero-order valence-corrected chi connectivity index (χ0v) is 19.2. The van der Waals surface area contributed by atoms with E-state index in [-0.39, 0.29) is 17.6 Å². The molecular formula is C28H22FN3O3. The number of benzene rings is 3. The highest BCUT2D eigenvalue weighted by Gasteiger charge is 2.44. The topological polar surface area (TPSA) is 78.3 Å². The number of H-pyrrole nitrogens is 1. The summed E-state index contributed by atoms with van der Waals surface area (Å²) in [6.07, 6.45) is 3.27. The van der Waals surface area contributed by atoms with Gasteiger partial charge in [0.25, 0.3) is 5.91 Å². The van der Waals surface area contributed by atoms with Gasteiger partial charge in [-0.25, -0.2) is 4.39 Å². The molecule has 3 heterocycles. The Morgan fingerprint density at radius 1 is 1.11 bits per heavy atom. The fourth-order valence-corrected chi connectivity index (χ4v) is 4.88. The van der Waals surface area contributed by atoms with E-state index in [1.165, 1.54) is 12.1 Å². The summed E-state index contributed by atoms with van der Waals surface area (Å²) in [5, 5.41) is 4.42. The van der Waals surface area contributed by atoms with Gasteiger partial charge < -0.3 is 19.6 Å². The molecule has 3 aromatic carbocycles. The molecule has 6 nitrogen and oxygen atoms in total. The normalized spacial score (nSPS) is 14.6. The average Bonchev–Trinajstić information content (AvgIpc) is 3.53. The first-order valence-electron chi connectivity index (χ1n) is 11.3. The number of hydrogen-bond donors (Lipinski definition) is 2. The molecule has 0 atom stereocenters. The summed E-state index contributed by atoms with van der Waals surface area (Å²) in [6, 6.07) is 17.4. The third kappa shape index (κ3) is 3.31. The largest absolute Gasteiger partial charge is 0.464 e. The Hall–Kier alpha value is -4.39. The van der Waals surface area contributed by atoms with Gasteiger partial charge in [0.1, 0.15) is 11.4 Å². The van der Waals surface area contributed by atoms with Gasteiger partial charge in [-0.05, 0) is 55.8 Å². The van der Waals surface area contributed by atoms with Gasteiger partial charge in [-0.2, -0.15) is 0 Å². The zero-order chi connectivity index (χ0) is 24.3. The van der Waals surface area contributed by atoms with E-state index in [1.54, 1.807) is 35.6 Å². The van der Waals surface area contributed by atoms with Crippen LogP contribution in [-0.4, -0.2) is 16.8 Å². The van der Waals surface area contributed by atoms with E-state index >= 15 is 0 Å². The van der Waals surface area contributed by atoms with Gasteiger partial charge in [0.05, 0.1) is 23.9 Å². The van der Waals surface area contributed by atoms with Crippen molar-refractivity contribution in [2.45, 2.75) is 25.8 Å². The van der Waals surface area contributed by atoms with Crippen LogP contribution in [0.3, 0.4) is 0 Å². The van der Waals surface area contributed by atoms with E-state index in [9.17, 15) is 14.0 Å². The van der Waals surface area contributed by atoms with Crippen molar-refractivity contribution < 1.29 is 18.4 Å². The molecule has 0 aliphatic carbocycles. The van der Waals surface area contributed by atoms with Crippen LogP contribution in [-0.2, 0) is 16.8 Å². The smallest absolute Gasteiger partial charge is 0.255 e. The third-order valence-corrected chi connectivity index (χ3v) is 6.78. The number of aromatic amines is 1. The lowest BCUT2D eigenvalue weighted by atomic mass is 9.86. The van der Waals surface area contributed by atoms with Crippen molar-refractivity contribution in [3.63, 3.8) is 0 Å². The maximum Gasteiger partial charge on any atom is 0.255 e. The lowest BCUT2D eigenvalue weighted by Crippen LogP contribution is -2.35. The van der Waals surface area contributed by atoms with E-state index in [0.29, 0.717) is 28.9 Å². The second-order valence-electron chi connectivity index (χ2n) is 9.35. The van der Waals surface area contributed by atoms with E-state index in [2.05, 4.69) is 10.3 Å². The number of nitrogens with one attached hydrogen (secondary N) is 2. The number of fused-ring (bicyclic) bond motifs is 3. The zero-order valence-electron chi connectivity index (χ0n) is 19.2. The fraction of sp³-hybridized carbons (Fsp3) is 0.143. The quantitative estimate of drug-likeness (QED) is 0.334. The monoisotopic (exact) mass is 467 g/mol. The Morgan fingerprint density at radius 3 is 2.83 bits per heavy atom. The van der Waals surface area contributed by atoms with Gasteiger partial charge in [0, 0.05) is 39.3 Å². The fourth-order valence-electron chi connectivity index (χ4n) is 4.88. The molecule has 35 heavy (non-hydrogen) atoms. The van der Waals surface area contributed by atoms with E-state index in [1.807, 2.05) is 44.2 Å². The van der Waals surface area contributed by atoms with Gasteiger partial charge in [-0.15, -0.1) is 0 Å². The van der Waals surface area contributed by atoms with Gasteiger partial charge >= 0.3 is 0 Å². The highest BCUT2D eigenvalue weighted by molar-refractivity contribution is 6.12. The maximum absolute atomic E-state index is 13.7. The number of amides is 2. The van der Waals surface area contributed by atoms with Crippen LogP contribution < -0.4 is 10.2 Å². The van der Waals surface area contributed by atoms with E-state index in [0.717, 1.165) is 27.6 Å². The summed E-state index contributed by atoms with van der Waals surface area (Å²) in [5.41, 5.74) is 4.08.